The van der Waals surface area contributed by atoms with E-state index in [1.807, 2.05) is 43.3 Å². The average molecular weight is 368 g/mol. The van der Waals surface area contributed by atoms with Gasteiger partial charge in [0.25, 0.3) is 9.05 Å². The Morgan fingerprint density at radius 2 is 1.96 bits per heavy atom. The predicted octanol–water partition coefficient (Wildman–Crippen LogP) is 4.60. The molecule has 3 rings (SSSR count). The van der Waals surface area contributed by atoms with Crippen molar-refractivity contribution in [2.75, 3.05) is 6.61 Å². The molecule has 0 fully saturated rings. The van der Waals surface area contributed by atoms with Crippen LogP contribution in [0.2, 0.25) is 0 Å². The second-order valence-corrected chi connectivity index (χ2v) is 8.68. The van der Waals surface area contributed by atoms with Crippen LogP contribution < -0.4 is 4.74 Å². The summed E-state index contributed by atoms with van der Waals surface area (Å²) in [5, 5.41) is 2.58. The largest absolute Gasteiger partial charge is 0.493 e. The van der Waals surface area contributed by atoms with Gasteiger partial charge in [-0.1, -0.05) is 30.3 Å². The Kier molecular flexibility index (Phi) is 4.31. The molecule has 0 saturated carbocycles. The Balaban J connectivity index is 2.32. The number of ether oxygens (including phenoxy) is 1. The number of fused-ring (bicyclic) bond motifs is 1. The molecule has 3 aromatic rings. The van der Waals surface area contributed by atoms with Gasteiger partial charge in [-0.25, -0.2) is 13.4 Å². The first-order valence-corrected chi connectivity index (χ1v) is 10.1. The third kappa shape index (κ3) is 3.06. The fraction of sp³-hybridized carbons (Fsp3) is 0.188. The minimum absolute atomic E-state index is 0.0737. The maximum atomic E-state index is 11.7. The van der Waals surface area contributed by atoms with Crippen LogP contribution in [0.25, 0.3) is 21.3 Å². The lowest BCUT2D eigenvalue weighted by atomic mass is 10.0. The van der Waals surface area contributed by atoms with Gasteiger partial charge < -0.3 is 4.74 Å². The summed E-state index contributed by atoms with van der Waals surface area (Å²) >= 11 is 1.06. The third-order valence-electron chi connectivity index (χ3n) is 3.38. The van der Waals surface area contributed by atoms with Gasteiger partial charge >= 0.3 is 0 Å². The van der Waals surface area contributed by atoms with Gasteiger partial charge in [0, 0.05) is 10.7 Å². The zero-order chi connectivity index (χ0) is 16.6. The molecule has 120 valence electrons. The fourth-order valence-electron chi connectivity index (χ4n) is 2.46. The summed E-state index contributed by atoms with van der Waals surface area (Å²) in [5.74, 6) is 0.679. The molecular weight excluding hydrogens is 354 g/mol. The van der Waals surface area contributed by atoms with Crippen molar-refractivity contribution in [3.8, 4) is 16.3 Å². The van der Waals surface area contributed by atoms with Gasteiger partial charge in [0.2, 0.25) is 0 Å². The molecule has 4 nitrogen and oxygen atoms in total. The Hall–Kier alpha value is -1.63. The van der Waals surface area contributed by atoms with Crippen LogP contribution in [0.5, 0.6) is 5.75 Å². The normalized spacial score (nSPS) is 11.8. The zero-order valence-corrected chi connectivity index (χ0v) is 14.9. The first-order chi connectivity index (χ1) is 10.9. The van der Waals surface area contributed by atoms with E-state index >= 15 is 0 Å². The van der Waals surface area contributed by atoms with Crippen molar-refractivity contribution in [2.24, 2.45) is 0 Å². The quantitative estimate of drug-likeness (QED) is 0.632. The summed E-state index contributed by atoms with van der Waals surface area (Å²) in [6, 6.07) is 11.7. The van der Waals surface area contributed by atoms with E-state index in [0.29, 0.717) is 23.1 Å². The van der Waals surface area contributed by atoms with Gasteiger partial charge in [0.15, 0.2) is 4.21 Å². The highest BCUT2D eigenvalue weighted by molar-refractivity contribution is 8.15. The molecule has 1 aromatic heterocycles. The van der Waals surface area contributed by atoms with E-state index in [1.165, 1.54) is 0 Å². The minimum Gasteiger partial charge on any atom is -0.493 e. The highest BCUT2D eigenvalue weighted by atomic mass is 35.7. The molecule has 0 saturated heterocycles. The number of halogens is 1. The van der Waals surface area contributed by atoms with Crippen molar-refractivity contribution < 1.29 is 13.2 Å². The van der Waals surface area contributed by atoms with Crippen LogP contribution in [0.3, 0.4) is 0 Å². The zero-order valence-electron chi connectivity index (χ0n) is 12.5. The average Bonchev–Trinajstić information content (AvgIpc) is 2.89. The third-order valence-corrected chi connectivity index (χ3v) is 6.73. The smallest absolute Gasteiger partial charge is 0.272 e. The van der Waals surface area contributed by atoms with E-state index in [2.05, 4.69) is 4.98 Å². The van der Waals surface area contributed by atoms with E-state index in [0.717, 1.165) is 27.7 Å². The van der Waals surface area contributed by atoms with Crippen molar-refractivity contribution in [1.82, 2.24) is 4.98 Å². The first-order valence-electron chi connectivity index (χ1n) is 6.99. The minimum atomic E-state index is -3.81. The predicted molar refractivity (Wildman–Crippen MR) is 94.0 cm³/mol. The molecule has 0 aliphatic rings. The van der Waals surface area contributed by atoms with Crippen LogP contribution in [0.1, 0.15) is 12.6 Å². The number of hydrogen-bond acceptors (Lipinski definition) is 5. The molecule has 0 amide bonds. The standard InChI is InChI=1S/C16H14ClNO3S2/c1-3-21-13-9-8-11-6-4-5-7-12(11)14(13)15-18-10(2)16(22-15)23(17,19)20/h4-9H,3H2,1-2H3. The lowest BCUT2D eigenvalue weighted by molar-refractivity contribution is 0.342. The Bertz CT molecular complexity index is 980. The van der Waals surface area contributed by atoms with Crippen molar-refractivity contribution >= 4 is 41.8 Å². The Morgan fingerprint density at radius 3 is 2.61 bits per heavy atom. The van der Waals surface area contributed by atoms with E-state index in [4.69, 9.17) is 15.4 Å². The lowest BCUT2D eigenvalue weighted by Gasteiger charge is -2.11. The molecule has 0 N–H and O–H groups in total. The Labute approximate surface area is 143 Å². The highest BCUT2D eigenvalue weighted by Crippen LogP contribution is 2.41. The van der Waals surface area contributed by atoms with E-state index < -0.39 is 9.05 Å². The summed E-state index contributed by atoms with van der Waals surface area (Å²) in [7, 11) is 1.68. The topological polar surface area (TPSA) is 56.3 Å². The van der Waals surface area contributed by atoms with Crippen molar-refractivity contribution in [1.29, 1.82) is 0 Å². The van der Waals surface area contributed by atoms with Gasteiger partial charge in [0.05, 0.1) is 17.9 Å². The first kappa shape index (κ1) is 16.2. The second kappa shape index (κ2) is 6.11. The number of aryl methyl sites for hydroxylation is 1. The van der Waals surface area contributed by atoms with Crippen molar-refractivity contribution in [3.63, 3.8) is 0 Å². The van der Waals surface area contributed by atoms with Crippen LogP contribution in [0.4, 0.5) is 0 Å². The molecule has 2 aromatic carbocycles. The van der Waals surface area contributed by atoms with E-state index in [1.54, 1.807) is 6.92 Å². The molecule has 0 unspecified atom stereocenters. The molecule has 0 radical (unpaired) electrons. The van der Waals surface area contributed by atoms with Gasteiger partial charge in [-0.3, -0.25) is 0 Å². The van der Waals surface area contributed by atoms with Gasteiger partial charge in [0.1, 0.15) is 10.8 Å². The monoisotopic (exact) mass is 367 g/mol. The molecule has 7 heteroatoms. The lowest BCUT2D eigenvalue weighted by Crippen LogP contribution is -1.94. The molecule has 0 atom stereocenters. The summed E-state index contributed by atoms with van der Waals surface area (Å²) in [4.78, 5) is 4.42. The number of rotatable bonds is 4. The Morgan fingerprint density at radius 1 is 1.22 bits per heavy atom. The molecule has 0 bridgehead atoms. The highest BCUT2D eigenvalue weighted by Gasteiger charge is 2.22. The number of thiazole rings is 1. The number of nitrogens with zero attached hydrogens (tertiary/aromatic N) is 1. The van der Waals surface area contributed by atoms with Crippen molar-refractivity contribution in [2.45, 2.75) is 18.1 Å². The maximum absolute atomic E-state index is 11.7. The summed E-state index contributed by atoms with van der Waals surface area (Å²) in [5.41, 5.74) is 1.19. The molecular formula is C16H14ClNO3S2. The molecule has 0 aliphatic carbocycles. The summed E-state index contributed by atoms with van der Waals surface area (Å²) < 4.78 is 29.1. The SMILES string of the molecule is CCOc1ccc2ccccc2c1-c1nc(C)c(S(=O)(=O)Cl)s1. The number of benzene rings is 2. The maximum Gasteiger partial charge on any atom is 0.272 e. The fourth-order valence-corrected chi connectivity index (χ4v) is 4.98. The molecule has 0 aliphatic heterocycles. The van der Waals surface area contributed by atoms with Gasteiger partial charge in [-0.2, -0.15) is 0 Å². The summed E-state index contributed by atoms with van der Waals surface area (Å²) in [6.45, 7) is 4.05. The number of aromatic nitrogens is 1. The van der Waals surface area contributed by atoms with Crippen LogP contribution in [0.15, 0.2) is 40.6 Å². The van der Waals surface area contributed by atoms with Gasteiger partial charge in [-0.15, -0.1) is 11.3 Å². The van der Waals surface area contributed by atoms with Crippen molar-refractivity contribution in [3.05, 3.63) is 42.1 Å². The van der Waals surface area contributed by atoms with Crippen LogP contribution in [-0.4, -0.2) is 20.0 Å². The van der Waals surface area contributed by atoms with E-state index in [9.17, 15) is 8.42 Å². The number of hydrogen-bond donors (Lipinski definition) is 0. The van der Waals surface area contributed by atoms with Crippen LogP contribution >= 0.6 is 22.0 Å². The van der Waals surface area contributed by atoms with Crippen LogP contribution in [-0.2, 0) is 9.05 Å². The van der Waals surface area contributed by atoms with Gasteiger partial charge in [-0.05, 0) is 30.7 Å². The molecule has 1 heterocycles. The molecule has 23 heavy (non-hydrogen) atoms. The molecule has 0 spiro atoms. The summed E-state index contributed by atoms with van der Waals surface area (Å²) in [6.07, 6.45) is 0. The second-order valence-electron chi connectivity index (χ2n) is 4.92. The van der Waals surface area contributed by atoms with Crippen LogP contribution in [0, 0.1) is 6.92 Å². The van der Waals surface area contributed by atoms with E-state index in [-0.39, 0.29) is 4.21 Å².